The molecule has 3 aromatic carbocycles. The number of aryl methyl sites for hydroxylation is 3. The Morgan fingerprint density at radius 3 is 2.39 bits per heavy atom. The van der Waals surface area contributed by atoms with Crippen molar-refractivity contribution >= 4 is 10.9 Å². The average Bonchev–Trinajstić information content (AvgIpc) is 3.28. The topological polar surface area (TPSA) is 82.9 Å². The monoisotopic (exact) mass is 438 g/mol. The van der Waals surface area contributed by atoms with Crippen LogP contribution in [-0.2, 0) is 6.54 Å². The molecule has 5 rings (SSSR count). The Kier molecular flexibility index (Phi) is 5.01. The number of benzene rings is 3. The summed E-state index contributed by atoms with van der Waals surface area (Å²) < 4.78 is 8.20. The van der Waals surface area contributed by atoms with E-state index in [1.165, 1.54) is 9.13 Å². The number of hydrogen-bond acceptors (Lipinski definition) is 5. The van der Waals surface area contributed by atoms with E-state index in [1.807, 2.05) is 63.2 Å². The van der Waals surface area contributed by atoms with E-state index in [9.17, 15) is 9.59 Å². The lowest BCUT2D eigenvalue weighted by atomic mass is 10.1. The summed E-state index contributed by atoms with van der Waals surface area (Å²) in [5.41, 5.74) is 4.03. The maximum absolute atomic E-state index is 13.6. The van der Waals surface area contributed by atoms with Crippen LogP contribution in [0.1, 0.15) is 22.6 Å². The van der Waals surface area contributed by atoms with E-state index in [4.69, 9.17) is 4.52 Å². The van der Waals surface area contributed by atoms with Crippen molar-refractivity contribution in [2.45, 2.75) is 27.3 Å². The molecule has 0 radical (unpaired) electrons. The molecule has 2 heterocycles. The van der Waals surface area contributed by atoms with Crippen molar-refractivity contribution in [3.05, 3.63) is 110 Å². The van der Waals surface area contributed by atoms with Crippen LogP contribution in [0.3, 0.4) is 0 Å². The van der Waals surface area contributed by atoms with Crippen molar-refractivity contribution in [3.63, 3.8) is 0 Å². The third-order valence-electron chi connectivity index (χ3n) is 5.73. The highest BCUT2D eigenvalue weighted by molar-refractivity contribution is 5.78. The first kappa shape index (κ1) is 20.6. The van der Waals surface area contributed by atoms with Gasteiger partial charge in [-0.2, -0.15) is 4.98 Å². The third kappa shape index (κ3) is 3.67. The second kappa shape index (κ2) is 8.02. The molecule has 0 aliphatic rings. The van der Waals surface area contributed by atoms with Crippen LogP contribution < -0.4 is 11.2 Å². The van der Waals surface area contributed by atoms with Gasteiger partial charge >= 0.3 is 5.69 Å². The molecule has 0 spiro atoms. The van der Waals surface area contributed by atoms with Crippen LogP contribution in [0.4, 0.5) is 0 Å². The molecule has 0 saturated heterocycles. The number of aromatic nitrogens is 4. The number of para-hydroxylation sites is 1. The Morgan fingerprint density at radius 1 is 0.879 bits per heavy atom. The average molecular weight is 438 g/mol. The summed E-state index contributed by atoms with van der Waals surface area (Å²) in [5, 5.41) is 4.52. The molecule has 5 aromatic rings. The molecule has 33 heavy (non-hydrogen) atoms. The van der Waals surface area contributed by atoms with Gasteiger partial charge in [0.25, 0.3) is 5.56 Å². The quantitative estimate of drug-likeness (QED) is 0.420. The van der Waals surface area contributed by atoms with Crippen LogP contribution in [-0.4, -0.2) is 19.3 Å². The highest BCUT2D eigenvalue weighted by Crippen LogP contribution is 2.18. The van der Waals surface area contributed by atoms with E-state index in [-0.39, 0.29) is 18.0 Å². The molecule has 0 bridgehead atoms. The van der Waals surface area contributed by atoms with Gasteiger partial charge in [-0.1, -0.05) is 59.3 Å². The molecular formula is C26H22N4O3. The van der Waals surface area contributed by atoms with Crippen LogP contribution in [0.2, 0.25) is 0 Å². The van der Waals surface area contributed by atoms with Crippen molar-refractivity contribution in [1.82, 2.24) is 19.3 Å². The highest BCUT2D eigenvalue weighted by atomic mass is 16.5. The van der Waals surface area contributed by atoms with Crippen LogP contribution in [0.15, 0.2) is 80.8 Å². The maximum Gasteiger partial charge on any atom is 0.336 e. The normalized spacial score (nSPS) is 11.2. The van der Waals surface area contributed by atoms with Gasteiger partial charge in [0.15, 0.2) is 0 Å². The molecular weight excluding hydrogens is 416 g/mol. The molecule has 0 fully saturated rings. The number of nitrogens with zero attached hydrogens (tertiary/aromatic N) is 4. The minimum atomic E-state index is -0.456. The van der Waals surface area contributed by atoms with Gasteiger partial charge < -0.3 is 4.52 Å². The Hall–Kier alpha value is -4.26. The van der Waals surface area contributed by atoms with Crippen molar-refractivity contribution < 1.29 is 4.52 Å². The molecule has 2 aromatic heterocycles. The van der Waals surface area contributed by atoms with Crippen LogP contribution in [0.5, 0.6) is 0 Å². The lowest BCUT2D eigenvalue weighted by Gasteiger charge is -2.14. The molecule has 0 aliphatic carbocycles. The maximum atomic E-state index is 13.6. The second-order valence-electron chi connectivity index (χ2n) is 8.19. The fraction of sp³-hybridized carbons (Fsp3) is 0.154. The van der Waals surface area contributed by atoms with E-state index < -0.39 is 5.69 Å². The Labute approximate surface area is 189 Å². The molecule has 0 saturated carbocycles. The number of hydrogen-bond donors (Lipinski definition) is 0. The molecule has 0 atom stereocenters. The zero-order valence-corrected chi connectivity index (χ0v) is 18.6. The Morgan fingerprint density at radius 2 is 1.61 bits per heavy atom. The van der Waals surface area contributed by atoms with E-state index >= 15 is 0 Å². The molecule has 164 valence electrons. The number of rotatable bonds is 4. The first-order chi connectivity index (χ1) is 15.9. The molecule has 0 N–H and O–H groups in total. The predicted molar refractivity (Wildman–Crippen MR) is 127 cm³/mol. The largest absolute Gasteiger partial charge is 0.337 e. The minimum Gasteiger partial charge on any atom is -0.337 e. The van der Waals surface area contributed by atoms with Gasteiger partial charge in [-0.25, -0.2) is 9.36 Å². The van der Waals surface area contributed by atoms with Gasteiger partial charge in [-0.3, -0.25) is 9.36 Å². The lowest BCUT2D eigenvalue weighted by molar-refractivity contribution is 0.370. The van der Waals surface area contributed by atoms with Gasteiger partial charge in [0.1, 0.15) is 6.54 Å². The zero-order chi connectivity index (χ0) is 23.1. The van der Waals surface area contributed by atoms with Gasteiger partial charge in [-0.05, 0) is 50.1 Å². The fourth-order valence-electron chi connectivity index (χ4n) is 3.92. The minimum absolute atomic E-state index is 0.0450. The first-order valence-corrected chi connectivity index (χ1v) is 10.6. The predicted octanol–water partition coefficient (Wildman–Crippen LogP) is 4.18. The third-order valence-corrected chi connectivity index (χ3v) is 5.73. The molecule has 7 nitrogen and oxygen atoms in total. The molecule has 7 heteroatoms. The van der Waals surface area contributed by atoms with E-state index in [1.54, 1.807) is 24.3 Å². The van der Waals surface area contributed by atoms with Crippen LogP contribution >= 0.6 is 0 Å². The Balaban J connectivity index is 1.68. The smallest absolute Gasteiger partial charge is 0.336 e. The highest BCUT2D eigenvalue weighted by Gasteiger charge is 2.18. The molecule has 0 unspecified atom stereocenters. The van der Waals surface area contributed by atoms with Crippen LogP contribution in [0.25, 0.3) is 28.0 Å². The van der Waals surface area contributed by atoms with Crippen molar-refractivity contribution in [2.75, 3.05) is 0 Å². The van der Waals surface area contributed by atoms with E-state index in [0.717, 1.165) is 22.3 Å². The van der Waals surface area contributed by atoms with E-state index in [2.05, 4.69) is 10.1 Å². The van der Waals surface area contributed by atoms with E-state index in [0.29, 0.717) is 22.4 Å². The van der Waals surface area contributed by atoms with Crippen molar-refractivity contribution in [1.29, 1.82) is 0 Å². The van der Waals surface area contributed by atoms with Crippen molar-refractivity contribution in [3.8, 4) is 17.1 Å². The van der Waals surface area contributed by atoms with Gasteiger partial charge in [0.05, 0.1) is 16.6 Å². The molecule has 0 aliphatic heterocycles. The van der Waals surface area contributed by atoms with Crippen molar-refractivity contribution in [2.24, 2.45) is 0 Å². The van der Waals surface area contributed by atoms with Crippen LogP contribution in [0, 0.1) is 20.8 Å². The summed E-state index contributed by atoms with van der Waals surface area (Å²) >= 11 is 0. The zero-order valence-electron chi connectivity index (χ0n) is 18.6. The second-order valence-corrected chi connectivity index (χ2v) is 8.19. The number of fused-ring (bicyclic) bond motifs is 1. The SMILES string of the molecule is Cc1ccc(-c2noc(Cn3c(=O)n(-c4cc(C)ccc4C)c(=O)c4ccccc43)n2)cc1. The summed E-state index contributed by atoms with van der Waals surface area (Å²) in [6.45, 7) is 5.86. The summed E-state index contributed by atoms with van der Waals surface area (Å²) in [6.07, 6.45) is 0. The standard InChI is InChI=1S/C26H22N4O3/c1-16-9-12-19(13-10-16)24-27-23(33-28-24)15-29-21-7-5-4-6-20(21)25(31)30(26(29)32)22-14-17(2)8-11-18(22)3/h4-14H,15H2,1-3H3. The summed E-state index contributed by atoms with van der Waals surface area (Å²) in [5.74, 6) is 0.731. The summed E-state index contributed by atoms with van der Waals surface area (Å²) in [7, 11) is 0. The van der Waals surface area contributed by atoms with Gasteiger partial charge in [0, 0.05) is 5.56 Å². The van der Waals surface area contributed by atoms with Gasteiger partial charge in [-0.15, -0.1) is 0 Å². The first-order valence-electron chi connectivity index (χ1n) is 10.6. The fourth-order valence-corrected chi connectivity index (χ4v) is 3.92. The van der Waals surface area contributed by atoms with Gasteiger partial charge in [0.2, 0.25) is 11.7 Å². The lowest BCUT2D eigenvalue weighted by Crippen LogP contribution is -2.39. The summed E-state index contributed by atoms with van der Waals surface area (Å²) in [4.78, 5) is 31.4. The molecule has 0 amide bonds. The Bertz CT molecular complexity index is 1610. The summed E-state index contributed by atoms with van der Waals surface area (Å²) in [6, 6.07) is 20.6.